The molecule has 1 heterocycles. The van der Waals surface area contributed by atoms with E-state index in [1.807, 2.05) is 60.7 Å². The third-order valence-electron chi connectivity index (χ3n) is 5.66. The molecule has 0 spiro atoms. The smallest absolute Gasteiger partial charge is 0.261 e. The number of hydrogen-bond donors (Lipinski definition) is 0. The van der Waals surface area contributed by atoms with Gasteiger partial charge >= 0.3 is 0 Å². The van der Waals surface area contributed by atoms with Gasteiger partial charge in [0.2, 0.25) is 0 Å². The van der Waals surface area contributed by atoms with Crippen LogP contribution in [0, 0.1) is 0 Å². The SMILES string of the molecule is COc1ccc(-c2nc3ccccc3c(=O)n2CCCCCCOc2cccc(Cl)c2Cl)cc1. The van der Waals surface area contributed by atoms with Gasteiger partial charge < -0.3 is 9.47 Å². The van der Waals surface area contributed by atoms with Crippen molar-refractivity contribution in [3.63, 3.8) is 0 Å². The first-order chi connectivity index (χ1) is 16.6. The van der Waals surface area contributed by atoms with Gasteiger partial charge in [0.25, 0.3) is 5.56 Å². The second-order valence-electron chi connectivity index (χ2n) is 7.95. The highest BCUT2D eigenvalue weighted by Gasteiger charge is 2.13. The number of methoxy groups -OCH3 is 1. The summed E-state index contributed by atoms with van der Waals surface area (Å²) in [6.07, 6.45) is 3.69. The van der Waals surface area contributed by atoms with Crippen molar-refractivity contribution >= 4 is 34.1 Å². The Kier molecular flexibility index (Phi) is 8.09. The standard InChI is InChI=1S/C27H26Cl2N2O3/c1-33-20-15-13-19(14-16-20)26-30-23-11-5-4-9-21(23)27(32)31(26)17-6-2-3-7-18-34-24-12-8-10-22(28)25(24)29/h4-5,8-16H,2-3,6-7,17-18H2,1H3. The molecule has 0 aliphatic heterocycles. The highest BCUT2D eigenvalue weighted by atomic mass is 35.5. The minimum atomic E-state index is -0.0182. The first-order valence-electron chi connectivity index (χ1n) is 11.3. The molecule has 0 saturated carbocycles. The zero-order valence-electron chi connectivity index (χ0n) is 19.0. The zero-order chi connectivity index (χ0) is 23.9. The first-order valence-corrected chi connectivity index (χ1v) is 12.0. The molecule has 0 radical (unpaired) electrons. The van der Waals surface area contributed by atoms with E-state index in [1.165, 1.54) is 0 Å². The van der Waals surface area contributed by atoms with Crippen LogP contribution in [0.2, 0.25) is 10.0 Å². The van der Waals surface area contributed by atoms with E-state index < -0.39 is 0 Å². The van der Waals surface area contributed by atoms with Gasteiger partial charge in [0.05, 0.1) is 29.6 Å². The van der Waals surface area contributed by atoms with Crippen molar-refractivity contribution in [2.45, 2.75) is 32.2 Å². The van der Waals surface area contributed by atoms with Crippen molar-refractivity contribution in [3.05, 3.63) is 87.1 Å². The number of halogens is 2. The summed E-state index contributed by atoms with van der Waals surface area (Å²) in [5.41, 5.74) is 1.57. The zero-order valence-corrected chi connectivity index (χ0v) is 20.5. The van der Waals surface area contributed by atoms with Crippen molar-refractivity contribution in [3.8, 4) is 22.9 Å². The third-order valence-corrected chi connectivity index (χ3v) is 6.46. The number of benzene rings is 3. The van der Waals surface area contributed by atoms with E-state index in [1.54, 1.807) is 17.7 Å². The van der Waals surface area contributed by atoms with Crippen molar-refractivity contribution in [1.82, 2.24) is 9.55 Å². The molecule has 3 aromatic carbocycles. The van der Waals surface area contributed by atoms with Gasteiger partial charge in [-0.15, -0.1) is 0 Å². The molecule has 4 aromatic rings. The number of aromatic nitrogens is 2. The highest BCUT2D eigenvalue weighted by Crippen LogP contribution is 2.31. The number of ether oxygens (including phenoxy) is 2. The molecule has 0 bridgehead atoms. The van der Waals surface area contributed by atoms with Gasteiger partial charge in [0.15, 0.2) is 0 Å². The third kappa shape index (κ3) is 5.54. The predicted molar refractivity (Wildman–Crippen MR) is 138 cm³/mol. The quantitative estimate of drug-likeness (QED) is 0.221. The Morgan fingerprint density at radius 1 is 0.882 bits per heavy atom. The molecule has 5 nitrogen and oxygen atoms in total. The van der Waals surface area contributed by atoms with Crippen LogP contribution in [0.25, 0.3) is 22.3 Å². The van der Waals surface area contributed by atoms with Gasteiger partial charge in [-0.25, -0.2) is 4.98 Å². The van der Waals surface area contributed by atoms with Crippen LogP contribution in [-0.2, 0) is 6.54 Å². The maximum absolute atomic E-state index is 13.3. The molecule has 0 atom stereocenters. The van der Waals surface area contributed by atoms with Gasteiger partial charge in [-0.2, -0.15) is 0 Å². The maximum atomic E-state index is 13.3. The van der Waals surface area contributed by atoms with E-state index in [0.717, 1.165) is 37.0 Å². The Bertz CT molecular complexity index is 1320. The molecule has 34 heavy (non-hydrogen) atoms. The summed E-state index contributed by atoms with van der Waals surface area (Å²) in [7, 11) is 1.63. The van der Waals surface area contributed by atoms with Gasteiger partial charge in [-0.3, -0.25) is 9.36 Å². The Morgan fingerprint density at radius 2 is 1.65 bits per heavy atom. The predicted octanol–water partition coefficient (Wildman–Crippen LogP) is 7.02. The van der Waals surface area contributed by atoms with Crippen LogP contribution in [0.5, 0.6) is 11.5 Å². The number of nitrogens with zero attached hydrogens (tertiary/aromatic N) is 2. The molecule has 0 N–H and O–H groups in total. The van der Waals surface area contributed by atoms with E-state index >= 15 is 0 Å². The van der Waals surface area contributed by atoms with Crippen LogP contribution in [0.4, 0.5) is 0 Å². The van der Waals surface area contributed by atoms with Crippen LogP contribution < -0.4 is 15.0 Å². The van der Waals surface area contributed by atoms with Crippen molar-refractivity contribution in [2.75, 3.05) is 13.7 Å². The minimum absolute atomic E-state index is 0.0182. The monoisotopic (exact) mass is 496 g/mol. The second-order valence-corrected chi connectivity index (χ2v) is 8.74. The molecule has 7 heteroatoms. The fraction of sp³-hybridized carbons (Fsp3) is 0.259. The summed E-state index contributed by atoms with van der Waals surface area (Å²) in [5.74, 6) is 2.04. The van der Waals surface area contributed by atoms with Crippen LogP contribution in [0.15, 0.2) is 71.5 Å². The van der Waals surface area contributed by atoms with Crippen molar-refractivity contribution < 1.29 is 9.47 Å². The molecule has 0 saturated heterocycles. The number of fused-ring (bicyclic) bond motifs is 1. The second kappa shape index (κ2) is 11.4. The molecule has 0 aliphatic carbocycles. The lowest BCUT2D eigenvalue weighted by molar-refractivity contribution is 0.304. The fourth-order valence-corrected chi connectivity index (χ4v) is 4.19. The highest BCUT2D eigenvalue weighted by molar-refractivity contribution is 6.42. The molecular weight excluding hydrogens is 471 g/mol. The topological polar surface area (TPSA) is 53.3 Å². The van der Waals surface area contributed by atoms with Gasteiger partial charge in [-0.1, -0.05) is 54.2 Å². The minimum Gasteiger partial charge on any atom is -0.497 e. The van der Waals surface area contributed by atoms with Crippen LogP contribution >= 0.6 is 23.2 Å². The molecule has 0 amide bonds. The van der Waals surface area contributed by atoms with Crippen LogP contribution in [0.1, 0.15) is 25.7 Å². The molecule has 0 unspecified atom stereocenters. The van der Waals surface area contributed by atoms with Crippen molar-refractivity contribution in [2.24, 2.45) is 0 Å². The van der Waals surface area contributed by atoms with Crippen LogP contribution in [0.3, 0.4) is 0 Å². The summed E-state index contributed by atoms with van der Waals surface area (Å²) < 4.78 is 12.8. The van der Waals surface area contributed by atoms with Gasteiger partial charge in [-0.05, 0) is 61.4 Å². The first kappa shape index (κ1) is 24.1. The van der Waals surface area contributed by atoms with Gasteiger partial charge in [0, 0.05) is 12.1 Å². The fourth-order valence-electron chi connectivity index (χ4n) is 3.84. The lowest BCUT2D eigenvalue weighted by Crippen LogP contribution is -2.23. The Balaban J connectivity index is 1.41. The molecule has 0 fully saturated rings. The van der Waals surface area contributed by atoms with Crippen molar-refractivity contribution in [1.29, 1.82) is 0 Å². The molecular formula is C27H26Cl2N2O3. The lowest BCUT2D eigenvalue weighted by atomic mass is 10.1. The average molecular weight is 497 g/mol. The summed E-state index contributed by atoms with van der Waals surface area (Å²) in [5, 5.41) is 1.56. The Labute approximate surface area is 208 Å². The normalized spacial score (nSPS) is 11.0. The average Bonchev–Trinajstić information content (AvgIpc) is 2.87. The molecule has 0 aliphatic rings. The number of hydrogen-bond acceptors (Lipinski definition) is 4. The van der Waals surface area contributed by atoms with E-state index in [2.05, 4.69) is 0 Å². The van der Waals surface area contributed by atoms with E-state index in [0.29, 0.717) is 45.7 Å². The maximum Gasteiger partial charge on any atom is 0.261 e. The molecule has 4 rings (SSSR count). The summed E-state index contributed by atoms with van der Waals surface area (Å²) in [4.78, 5) is 18.1. The summed E-state index contributed by atoms with van der Waals surface area (Å²) in [6.45, 7) is 1.16. The number of para-hydroxylation sites is 1. The Hall–Kier alpha value is -3.02. The largest absolute Gasteiger partial charge is 0.497 e. The summed E-state index contributed by atoms with van der Waals surface area (Å²) >= 11 is 12.2. The molecule has 176 valence electrons. The lowest BCUT2D eigenvalue weighted by Gasteiger charge is -2.14. The number of unbranched alkanes of at least 4 members (excludes halogenated alkanes) is 3. The number of rotatable bonds is 10. The molecule has 1 aromatic heterocycles. The van der Waals surface area contributed by atoms with E-state index in [-0.39, 0.29) is 5.56 Å². The Morgan fingerprint density at radius 3 is 2.44 bits per heavy atom. The summed E-state index contributed by atoms with van der Waals surface area (Å²) in [6, 6.07) is 20.5. The van der Waals surface area contributed by atoms with E-state index in [4.69, 9.17) is 37.7 Å². The van der Waals surface area contributed by atoms with Gasteiger partial charge in [0.1, 0.15) is 22.3 Å². The van der Waals surface area contributed by atoms with Crippen LogP contribution in [-0.4, -0.2) is 23.3 Å². The van der Waals surface area contributed by atoms with E-state index in [9.17, 15) is 4.79 Å².